The van der Waals surface area contributed by atoms with Crippen LogP contribution in [0.5, 0.6) is 5.75 Å². The number of fused-ring (bicyclic) bond motifs is 1. The van der Waals surface area contributed by atoms with Gasteiger partial charge < -0.3 is 20.1 Å². The number of phenolic OH excluding ortho intramolecular Hbond substituents is 1. The number of aromatic nitrogens is 2. The zero-order valence-electron chi connectivity index (χ0n) is 19.7. The number of alkyl halides is 3. The highest BCUT2D eigenvalue weighted by Crippen LogP contribution is 2.38. The zero-order chi connectivity index (χ0) is 25.4. The predicted molar refractivity (Wildman–Crippen MR) is 126 cm³/mol. The van der Waals surface area contributed by atoms with E-state index in [1.165, 1.54) is 6.07 Å². The molecule has 0 unspecified atom stereocenters. The third-order valence-electron chi connectivity index (χ3n) is 5.68. The van der Waals surface area contributed by atoms with Crippen LogP contribution < -0.4 is 5.32 Å². The van der Waals surface area contributed by atoms with Crippen LogP contribution in [-0.2, 0) is 10.9 Å². The van der Waals surface area contributed by atoms with Crippen LogP contribution in [-0.4, -0.2) is 51.0 Å². The molecule has 0 saturated carbocycles. The van der Waals surface area contributed by atoms with E-state index in [1.807, 2.05) is 32.9 Å². The molecule has 4 rings (SSSR count). The summed E-state index contributed by atoms with van der Waals surface area (Å²) in [4.78, 5) is 14.2. The summed E-state index contributed by atoms with van der Waals surface area (Å²) < 4.78 is 44.5. The van der Waals surface area contributed by atoms with Gasteiger partial charge in [0.2, 0.25) is 0 Å². The van der Waals surface area contributed by atoms with E-state index in [9.17, 15) is 23.1 Å². The molecule has 35 heavy (non-hydrogen) atoms. The molecule has 2 N–H and O–H groups in total. The van der Waals surface area contributed by atoms with Gasteiger partial charge in [-0.1, -0.05) is 24.3 Å². The fourth-order valence-electron chi connectivity index (χ4n) is 4.10. The number of nitrogens with zero attached hydrogens (tertiary/aromatic N) is 3. The number of nitrogens with one attached hydrogen (secondary N) is 1. The highest BCUT2D eigenvalue weighted by molar-refractivity contribution is 6.00. The Morgan fingerprint density at radius 1 is 1.11 bits per heavy atom. The van der Waals surface area contributed by atoms with Crippen molar-refractivity contribution in [3.8, 4) is 17.0 Å². The number of anilines is 1. The van der Waals surface area contributed by atoms with Gasteiger partial charge in [0, 0.05) is 35.5 Å². The topological polar surface area (TPSA) is 87.6 Å². The number of piperidine rings is 1. The lowest BCUT2D eigenvalue weighted by molar-refractivity contribution is -0.137. The van der Waals surface area contributed by atoms with Crippen LogP contribution in [0.2, 0.25) is 0 Å². The molecule has 3 aromatic rings. The van der Waals surface area contributed by atoms with Crippen molar-refractivity contribution < 1.29 is 27.8 Å². The Labute approximate surface area is 200 Å². The maximum atomic E-state index is 13.0. The summed E-state index contributed by atoms with van der Waals surface area (Å²) in [7, 11) is 0. The second kappa shape index (κ2) is 9.24. The summed E-state index contributed by atoms with van der Waals surface area (Å²) in [6.45, 7) is 6.50. The maximum absolute atomic E-state index is 13.0. The van der Waals surface area contributed by atoms with Gasteiger partial charge in [0.1, 0.15) is 17.0 Å². The van der Waals surface area contributed by atoms with Crippen molar-refractivity contribution in [3.05, 3.63) is 48.0 Å². The molecule has 1 atom stereocenters. The first kappa shape index (κ1) is 24.6. The Morgan fingerprint density at radius 2 is 1.83 bits per heavy atom. The number of carbonyl (C=O) groups is 1. The molecule has 0 aliphatic carbocycles. The van der Waals surface area contributed by atoms with Crippen molar-refractivity contribution in [1.82, 2.24) is 15.1 Å². The number of aromatic hydroxyl groups is 1. The SMILES string of the molecule is CC(C)(C)OC(=O)N1CCC[C@@H](Nc2nnc(-c3ccc(C(F)(F)F)cc3O)c3ccccc23)C1. The van der Waals surface area contributed by atoms with Crippen molar-refractivity contribution >= 4 is 22.7 Å². The Morgan fingerprint density at radius 3 is 2.49 bits per heavy atom. The monoisotopic (exact) mass is 488 g/mol. The van der Waals surface area contributed by atoms with Gasteiger partial charge in [0.15, 0.2) is 5.82 Å². The Balaban J connectivity index is 1.61. The average molecular weight is 489 g/mol. The standard InChI is InChI=1S/C25H27F3N4O3/c1-24(2,3)35-23(34)32-12-6-7-16(14-32)29-22-18-9-5-4-8-17(18)21(30-31-22)19-11-10-15(13-20(19)33)25(26,27)28/h4-5,8-11,13,16,33H,6-7,12,14H2,1-3H3,(H,29,31)/t16-/m1/s1. The number of halogens is 3. The predicted octanol–water partition coefficient (Wildman–Crippen LogP) is 5.83. The molecule has 186 valence electrons. The lowest BCUT2D eigenvalue weighted by Gasteiger charge is -2.34. The normalized spacial score (nSPS) is 16.9. The van der Waals surface area contributed by atoms with Gasteiger partial charge in [-0.3, -0.25) is 0 Å². The number of amides is 1. The van der Waals surface area contributed by atoms with Crippen molar-refractivity contribution in [2.45, 2.75) is 51.4 Å². The second-order valence-electron chi connectivity index (χ2n) is 9.58. The van der Waals surface area contributed by atoms with Crippen molar-refractivity contribution in [3.63, 3.8) is 0 Å². The van der Waals surface area contributed by atoms with Gasteiger partial charge in [-0.25, -0.2) is 4.79 Å². The molecule has 1 saturated heterocycles. The van der Waals surface area contributed by atoms with E-state index >= 15 is 0 Å². The van der Waals surface area contributed by atoms with E-state index < -0.39 is 23.1 Å². The molecule has 1 fully saturated rings. The van der Waals surface area contributed by atoms with Crippen molar-refractivity contribution in [2.75, 3.05) is 18.4 Å². The van der Waals surface area contributed by atoms with Gasteiger partial charge in [0.05, 0.1) is 5.56 Å². The van der Waals surface area contributed by atoms with E-state index in [4.69, 9.17) is 4.74 Å². The summed E-state index contributed by atoms with van der Waals surface area (Å²) in [5, 5.41) is 23.5. The van der Waals surface area contributed by atoms with E-state index in [1.54, 1.807) is 17.0 Å². The minimum Gasteiger partial charge on any atom is -0.507 e. The number of hydrogen-bond acceptors (Lipinski definition) is 6. The number of ether oxygens (including phenoxy) is 1. The Bertz CT molecular complexity index is 1240. The second-order valence-corrected chi connectivity index (χ2v) is 9.58. The Kier molecular flexibility index (Phi) is 6.48. The number of benzene rings is 2. The Hall–Kier alpha value is -3.56. The van der Waals surface area contributed by atoms with Crippen LogP contribution in [0, 0.1) is 0 Å². The smallest absolute Gasteiger partial charge is 0.416 e. The molecule has 0 bridgehead atoms. The van der Waals surface area contributed by atoms with Crippen LogP contribution in [0.4, 0.5) is 23.8 Å². The third kappa shape index (κ3) is 5.58. The van der Waals surface area contributed by atoms with Gasteiger partial charge in [0.25, 0.3) is 0 Å². The van der Waals surface area contributed by atoms with Crippen LogP contribution in [0.1, 0.15) is 39.2 Å². The first-order chi connectivity index (χ1) is 16.4. The van der Waals surface area contributed by atoms with E-state index in [-0.39, 0.29) is 23.4 Å². The minimum atomic E-state index is -4.56. The van der Waals surface area contributed by atoms with Crippen LogP contribution in [0.3, 0.4) is 0 Å². The summed E-state index contributed by atoms with van der Waals surface area (Å²) in [5.41, 5.74) is -1.10. The van der Waals surface area contributed by atoms with Gasteiger partial charge >= 0.3 is 12.3 Å². The summed E-state index contributed by atoms with van der Waals surface area (Å²) in [6, 6.07) is 9.90. The molecular weight excluding hydrogens is 461 g/mol. The van der Waals surface area contributed by atoms with Crippen LogP contribution in [0.25, 0.3) is 22.0 Å². The molecule has 0 radical (unpaired) electrons. The number of carbonyl (C=O) groups excluding carboxylic acids is 1. The molecule has 7 nitrogen and oxygen atoms in total. The molecule has 2 heterocycles. The van der Waals surface area contributed by atoms with Gasteiger partial charge in [-0.15, -0.1) is 10.2 Å². The summed E-state index contributed by atoms with van der Waals surface area (Å²) in [6.07, 6.45) is -3.32. The van der Waals surface area contributed by atoms with Gasteiger partial charge in [-0.05, 0) is 51.8 Å². The molecule has 1 amide bonds. The lowest BCUT2D eigenvalue weighted by atomic mass is 10.0. The van der Waals surface area contributed by atoms with E-state index in [2.05, 4.69) is 15.5 Å². The highest BCUT2D eigenvalue weighted by Gasteiger charge is 2.32. The molecular formula is C25H27F3N4O3. The molecule has 0 spiro atoms. The fraction of sp³-hybridized carbons (Fsp3) is 0.400. The molecule has 1 aliphatic rings. The largest absolute Gasteiger partial charge is 0.507 e. The average Bonchev–Trinajstić information content (AvgIpc) is 2.78. The lowest BCUT2D eigenvalue weighted by Crippen LogP contribution is -2.47. The first-order valence-electron chi connectivity index (χ1n) is 11.3. The number of likely N-dealkylation sites (tertiary alicyclic amines) is 1. The molecule has 1 aromatic heterocycles. The van der Waals surface area contributed by atoms with E-state index in [0.29, 0.717) is 35.7 Å². The maximum Gasteiger partial charge on any atom is 0.416 e. The fourth-order valence-corrected chi connectivity index (χ4v) is 4.10. The minimum absolute atomic E-state index is 0.0840. The molecule has 2 aromatic carbocycles. The molecule has 10 heteroatoms. The zero-order valence-corrected chi connectivity index (χ0v) is 19.7. The summed E-state index contributed by atoms with van der Waals surface area (Å²) in [5.74, 6) is -0.0351. The van der Waals surface area contributed by atoms with Crippen LogP contribution >= 0.6 is 0 Å². The number of phenols is 1. The van der Waals surface area contributed by atoms with Gasteiger partial charge in [-0.2, -0.15) is 13.2 Å². The van der Waals surface area contributed by atoms with Crippen molar-refractivity contribution in [1.29, 1.82) is 0 Å². The number of rotatable bonds is 3. The van der Waals surface area contributed by atoms with E-state index in [0.717, 1.165) is 18.9 Å². The van der Waals surface area contributed by atoms with Crippen LogP contribution in [0.15, 0.2) is 42.5 Å². The first-order valence-corrected chi connectivity index (χ1v) is 11.3. The highest BCUT2D eigenvalue weighted by atomic mass is 19.4. The number of hydrogen-bond donors (Lipinski definition) is 2. The molecule has 1 aliphatic heterocycles. The van der Waals surface area contributed by atoms with Crippen molar-refractivity contribution in [2.24, 2.45) is 0 Å². The summed E-state index contributed by atoms with van der Waals surface area (Å²) >= 11 is 0. The third-order valence-corrected chi connectivity index (χ3v) is 5.68. The quantitative estimate of drug-likeness (QED) is 0.482.